The van der Waals surface area contributed by atoms with E-state index in [1.54, 1.807) is 0 Å². The summed E-state index contributed by atoms with van der Waals surface area (Å²) in [6, 6.07) is 18.8. The van der Waals surface area contributed by atoms with Gasteiger partial charge in [0.25, 0.3) is 0 Å². The molecule has 1 aliphatic rings. The van der Waals surface area contributed by atoms with E-state index in [1.807, 2.05) is 30.0 Å². The molecule has 1 aliphatic heterocycles. The van der Waals surface area contributed by atoms with Crippen molar-refractivity contribution in [1.29, 1.82) is 0 Å². The zero-order chi connectivity index (χ0) is 15.4. The molecule has 22 heavy (non-hydrogen) atoms. The highest BCUT2D eigenvalue weighted by Crippen LogP contribution is 2.20. The molecule has 1 atom stereocenters. The number of carbonyl (C=O) groups excluding carboxylic acids is 1. The number of nitrogens with one attached hydrogen (secondary N) is 1. The van der Waals surface area contributed by atoms with E-state index < -0.39 is 0 Å². The standard InChI is InChI=1S/C19H22N2O/c1-2-21-13-12-20-18(19(21)22)14-15-8-10-17(11-9-15)16-6-4-3-5-7-16/h3-11,18,20H,2,12-14H2,1H3. The van der Waals surface area contributed by atoms with Crippen molar-refractivity contribution < 1.29 is 4.79 Å². The number of nitrogens with zero attached hydrogens (tertiary/aromatic N) is 1. The van der Waals surface area contributed by atoms with E-state index in [1.165, 1.54) is 16.7 Å². The quantitative estimate of drug-likeness (QED) is 0.940. The zero-order valence-corrected chi connectivity index (χ0v) is 13.0. The van der Waals surface area contributed by atoms with Crippen molar-refractivity contribution in [3.8, 4) is 11.1 Å². The molecule has 3 rings (SSSR count). The predicted molar refractivity (Wildman–Crippen MR) is 89.6 cm³/mol. The van der Waals surface area contributed by atoms with Crippen molar-refractivity contribution in [1.82, 2.24) is 10.2 Å². The van der Waals surface area contributed by atoms with Gasteiger partial charge in [-0.15, -0.1) is 0 Å². The second kappa shape index (κ2) is 6.75. The third-order valence-electron chi connectivity index (χ3n) is 4.26. The van der Waals surface area contributed by atoms with Crippen LogP contribution < -0.4 is 5.32 Å². The maximum absolute atomic E-state index is 12.3. The van der Waals surface area contributed by atoms with Crippen LogP contribution in [0.5, 0.6) is 0 Å². The number of piperazine rings is 1. The Balaban J connectivity index is 1.70. The fourth-order valence-electron chi connectivity index (χ4n) is 2.96. The number of amides is 1. The van der Waals surface area contributed by atoms with Crippen molar-refractivity contribution in [2.24, 2.45) is 0 Å². The minimum Gasteiger partial charge on any atom is -0.340 e. The maximum Gasteiger partial charge on any atom is 0.240 e. The summed E-state index contributed by atoms with van der Waals surface area (Å²) in [7, 11) is 0. The summed E-state index contributed by atoms with van der Waals surface area (Å²) in [4.78, 5) is 14.2. The van der Waals surface area contributed by atoms with Gasteiger partial charge < -0.3 is 10.2 Å². The topological polar surface area (TPSA) is 32.3 Å². The van der Waals surface area contributed by atoms with Crippen LogP contribution in [0.2, 0.25) is 0 Å². The van der Waals surface area contributed by atoms with Gasteiger partial charge in [0.2, 0.25) is 5.91 Å². The van der Waals surface area contributed by atoms with Gasteiger partial charge in [-0.05, 0) is 30.0 Å². The smallest absolute Gasteiger partial charge is 0.240 e. The van der Waals surface area contributed by atoms with Crippen LogP contribution in [0.1, 0.15) is 12.5 Å². The maximum atomic E-state index is 12.3. The van der Waals surface area contributed by atoms with Crippen LogP contribution in [-0.4, -0.2) is 36.5 Å². The second-order valence-electron chi connectivity index (χ2n) is 5.69. The Labute approximate surface area is 132 Å². The number of carbonyl (C=O) groups is 1. The molecule has 1 saturated heterocycles. The summed E-state index contributed by atoms with van der Waals surface area (Å²) in [6.45, 7) is 4.53. The molecular formula is C19H22N2O. The van der Waals surface area contributed by atoms with E-state index in [-0.39, 0.29) is 11.9 Å². The normalized spacial score (nSPS) is 18.5. The first-order valence-corrected chi connectivity index (χ1v) is 7.94. The lowest BCUT2D eigenvalue weighted by molar-refractivity contribution is -0.135. The highest BCUT2D eigenvalue weighted by atomic mass is 16.2. The molecule has 2 aromatic carbocycles. The average molecular weight is 294 g/mol. The minimum absolute atomic E-state index is 0.0868. The summed E-state index contributed by atoms with van der Waals surface area (Å²) in [5.74, 6) is 0.223. The molecule has 0 aliphatic carbocycles. The minimum atomic E-state index is -0.0868. The van der Waals surface area contributed by atoms with Crippen LogP contribution in [0, 0.1) is 0 Å². The summed E-state index contributed by atoms with van der Waals surface area (Å²) in [5, 5.41) is 3.34. The van der Waals surface area contributed by atoms with Crippen LogP contribution >= 0.6 is 0 Å². The average Bonchev–Trinajstić information content (AvgIpc) is 2.58. The third kappa shape index (κ3) is 3.20. The van der Waals surface area contributed by atoms with Gasteiger partial charge in [-0.25, -0.2) is 0 Å². The lowest BCUT2D eigenvalue weighted by Crippen LogP contribution is -2.55. The molecule has 1 heterocycles. The van der Waals surface area contributed by atoms with Crippen LogP contribution in [-0.2, 0) is 11.2 Å². The van der Waals surface area contributed by atoms with Crippen LogP contribution in [0.15, 0.2) is 54.6 Å². The first-order valence-electron chi connectivity index (χ1n) is 7.94. The van der Waals surface area contributed by atoms with Crippen LogP contribution in [0.25, 0.3) is 11.1 Å². The Bertz CT molecular complexity index is 622. The molecule has 3 heteroatoms. The number of rotatable bonds is 4. The van der Waals surface area contributed by atoms with Gasteiger partial charge in [-0.2, -0.15) is 0 Å². The van der Waals surface area contributed by atoms with Crippen molar-refractivity contribution in [2.75, 3.05) is 19.6 Å². The Kier molecular flexibility index (Phi) is 4.54. The lowest BCUT2D eigenvalue weighted by Gasteiger charge is -2.32. The van der Waals surface area contributed by atoms with Gasteiger partial charge >= 0.3 is 0 Å². The van der Waals surface area contributed by atoms with E-state index in [9.17, 15) is 4.79 Å². The molecule has 114 valence electrons. The van der Waals surface area contributed by atoms with E-state index in [0.717, 1.165) is 26.1 Å². The first kappa shape index (κ1) is 14.8. The van der Waals surface area contributed by atoms with Crippen molar-refractivity contribution in [2.45, 2.75) is 19.4 Å². The number of likely N-dealkylation sites (N-methyl/N-ethyl adjacent to an activating group) is 1. The Morgan fingerprint density at radius 3 is 2.41 bits per heavy atom. The van der Waals surface area contributed by atoms with Gasteiger partial charge in [0.15, 0.2) is 0 Å². The fourth-order valence-corrected chi connectivity index (χ4v) is 2.96. The van der Waals surface area contributed by atoms with Gasteiger partial charge in [0, 0.05) is 19.6 Å². The Hall–Kier alpha value is -2.13. The highest BCUT2D eigenvalue weighted by Gasteiger charge is 2.27. The summed E-state index contributed by atoms with van der Waals surface area (Å²) in [5.41, 5.74) is 3.63. The van der Waals surface area contributed by atoms with Crippen molar-refractivity contribution in [3.63, 3.8) is 0 Å². The molecule has 0 saturated carbocycles. The largest absolute Gasteiger partial charge is 0.340 e. The molecule has 1 unspecified atom stereocenters. The molecule has 2 aromatic rings. The molecule has 1 N–H and O–H groups in total. The van der Waals surface area contributed by atoms with Gasteiger partial charge in [0.05, 0.1) is 6.04 Å². The molecule has 1 amide bonds. The van der Waals surface area contributed by atoms with Crippen LogP contribution in [0.3, 0.4) is 0 Å². The first-order chi connectivity index (χ1) is 10.8. The molecule has 0 spiro atoms. The molecular weight excluding hydrogens is 272 g/mol. The lowest BCUT2D eigenvalue weighted by atomic mass is 9.99. The Morgan fingerprint density at radius 2 is 1.73 bits per heavy atom. The van der Waals surface area contributed by atoms with E-state index in [4.69, 9.17) is 0 Å². The second-order valence-corrected chi connectivity index (χ2v) is 5.69. The molecule has 3 nitrogen and oxygen atoms in total. The zero-order valence-electron chi connectivity index (χ0n) is 13.0. The van der Waals surface area contributed by atoms with Gasteiger partial charge in [-0.1, -0.05) is 54.6 Å². The van der Waals surface area contributed by atoms with Crippen molar-refractivity contribution >= 4 is 5.91 Å². The van der Waals surface area contributed by atoms with Gasteiger partial charge in [0.1, 0.15) is 0 Å². The summed E-state index contributed by atoms with van der Waals surface area (Å²) in [6.07, 6.45) is 0.754. The fraction of sp³-hybridized carbons (Fsp3) is 0.316. The van der Waals surface area contributed by atoms with Gasteiger partial charge in [-0.3, -0.25) is 4.79 Å². The highest BCUT2D eigenvalue weighted by molar-refractivity contribution is 5.83. The number of benzene rings is 2. The summed E-state index contributed by atoms with van der Waals surface area (Å²) >= 11 is 0. The number of hydrogen-bond donors (Lipinski definition) is 1. The number of hydrogen-bond acceptors (Lipinski definition) is 2. The molecule has 1 fully saturated rings. The molecule has 0 radical (unpaired) electrons. The van der Waals surface area contributed by atoms with E-state index in [0.29, 0.717) is 0 Å². The van der Waals surface area contributed by atoms with Crippen molar-refractivity contribution in [3.05, 3.63) is 60.2 Å². The van der Waals surface area contributed by atoms with E-state index in [2.05, 4.69) is 41.7 Å². The van der Waals surface area contributed by atoms with E-state index >= 15 is 0 Å². The SMILES string of the molecule is CCN1CCNC(Cc2ccc(-c3ccccc3)cc2)C1=O. The molecule has 0 aromatic heterocycles. The summed E-state index contributed by atoms with van der Waals surface area (Å²) < 4.78 is 0. The Morgan fingerprint density at radius 1 is 1.05 bits per heavy atom. The third-order valence-corrected chi connectivity index (χ3v) is 4.26. The predicted octanol–water partition coefficient (Wildman–Crippen LogP) is 2.72. The monoisotopic (exact) mass is 294 g/mol. The van der Waals surface area contributed by atoms with Crippen LogP contribution in [0.4, 0.5) is 0 Å². The molecule has 0 bridgehead atoms.